The molecule has 59 heavy (non-hydrogen) atoms. The normalized spacial score (nSPS) is 26.6. The van der Waals surface area contributed by atoms with E-state index in [0.717, 1.165) is 20.1 Å². The third-order valence-corrected chi connectivity index (χ3v) is 11.3. The van der Waals surface area contributed by atoms with Crippen molar-refractivity contribution in [3.63, 3.8) is 0 Å². The minimum absolute atomic E-state index is 0.0617. The largest absolute Gasteiger partial charge is 0.444 e. The first-order valence-corrected chi connectivity index (χ1v) is 20.1. The second-order valence-electron chi connectivity index (χ2n) is 18.0. The van der Waals surface area contributed by atoms with Crippen LogP contribution in [0.1, 0.15) is 87.5 Å². The third-order valence-electron chi connectivity index (χ3n) is 11.3. The maximum Gasteiger partial charge on any atom is 0.411 e. The van der Waals surface area contributed by atoms with Gasteiger partial charge in [0.15, 0.2) is 0 Å². The lowest BCUT2D eigenvalue weighted by atomic mass is 10.1. The highest BCUT2D eigenvalue weighted by atomic mass is 19.1. The van der Waals surface area contributed by atoms with Gasteiger partial charge in [-0.05, 0) is 66.7 Å². The number of alkyl halides is 1. The van der Waals surface area contributed by atoms with Crippen molar-refractivity contribution < 1.29 is 66.6 Å². The van der Waals surface area contributed by atoms with E-state index in [9.17, 15) is 33.2 Å². The fourth-order valence-electron chi connectivity index (χ4n) is 7.72. The maximum absolute atomic E-state index is 14.8. The third kappa shape index (κ3) is 11.8. The first-order chi connectivity index (χ1) is 27.3. The topological polar surface area (TPSA) is 186 Å². The molecule has 0 radical (unpaired) electrons. The Morgan fingerprint density at radius 1 is 0.644 bits per heavy atom. The van der Waals surface area contributed by atoms with Crippen LogP contribution in [0.3, 0.4) is 0 Å². The molecule has 0 N–H and O–H groups in total. The summed E-state index contributed by atoms with van der Waals surface area (Å²) in [5, 5.41) is 3.06. The van der Waals surface area contributed by atoms with E-state index in [0.29, 0.717) is 6.42 Å². The van der Waals surface area contributed by atoms with E-state index in [2.05, 4.69) is 0 Å². The molecule has 6 amide bonds. The Kier molecular flexibility index (Phi) is 15.1. The molecular formula is C39H65FN6O13. The highest BCUT2D eigenvalue weighted by Crippen LogP contribution is 2.53. The van der Waals surface area contributed by atoms with Crippen molar-refractivity contribution in [3.05, 3.63) is 0 Å². The molecule has 0 aromatic carbocycles. The van der Waals surface area contributed by atoms with Crippen LogP contribution in [-0.2, 0) is 47.8 Å². The van der Waals surface area contributed by atoms with E-state index < -0.39 is 71.2 Å². The summed E-state index contributed by atoms with van der Waals surface area (Å²) in [7, 11) is 7.14. The number of amides is 6. The fourth-order valence-corrected chi connectivity index (χ4v) is 7.72. The Morgan fingerprint density at radius 3 is 1.63 bits per heavy atom. The average Bonchev–Trinajstić information content (AvgIpc) is 3.56. The zero-order valence-electron chi connectivity index (χ0n) is 36.9. The summed E-state index contributed by atoms with van der Waals surface area (Å²) >= 11 is 0. The van der Waals surface area contributed by atoms with Crippen LogP contribution in [0.25, 0.3) is 0 Å². The maximum atomic E-state index is 14.8. The Morgan fingerprint density at radius 2 is 1.12 bits per heavy atom. The number of likely N-dealkylation sites (tertiary alicyclic amines) is 3. The number of rotatable bonds is 15. The number of hydrogen-bond acceptors (Lipinski definition) is 13. The van der Waals surface area contributed by atoms with Crippen molar-refractivity contribution in [2.24, 2.45) is 11.8 Å². The van der Waals surface area contributed by atoms with Gasteiger partial charge in [0.05, 0.1) is 39.5 Å². The van der Waals surface area contributed by atoms with Crippen LogP contribution in [0.2, 0.25) is 0 Å². The molecule has 19 nitrogen and oxygen atoms in total. The van der Waals surface area contributed by atoms with Gasteiger partial charge in [0.25, 0.3) is 17.7 Å². The van der Waals surface area contributed by atoms with E-state index in [1.54, 1.807) is 48.5 Å². The molecule has 3 heterocycles. The quantitative estimate of drug-likeness (QED) is 0.172. The second kappa shape index (κ2) is 18.7. The summed E-state index contributed by atoms with van der Waals surface area (Å²) in [4.78, 5) is 99.6. The molecule has 8 atom stereocenters. The number of piperidine rings is 1. The minimum atomic E-state index is -1.48. The molecule has 0 bridgehead atoms. The zero-order valence-corrected chi connectivity index (χ0v) is 36.9. The summed E-state index contributed by atoms with van der Waals surface area (Å²) in [5.74, 6) is -1.04. The lowest BCUT2D eigenvalue weighted by molar-refractivity contribution is -0.187. The number of likely N-dealkylation sites (N-methyl/N-ethyl adjacent to an activating group) is 3. The fraction of sp³-hybridized carbons (Fsp3) is 0.846. The molecule has 0 spiro atoms. The van der Waals surface area contributed by atoms with Gasteiger partial charge in [-0.1, -0.05) is 6.92 Å². The Labute approximate surface area is 346 Å². The molecule has 0 unspecified atom stereocenters. The first kappa shape index (κ1) is 47.7. The van der Waals surface area contributed by atoms with E-state index >= 15 is 0 Å². The number of hydroxylamine groups is 6. The lowest BCUT2D eigenvalue weighted by Crippen LogP contribution is -2.50. The molecule has 3 saturated heterocycles. The minimum Gasteiger partial charge on any atom is -0.444 e. The highest BCUT2D eigenvalue weighted by molar-refractivity contribution is 5.87. The lowest BCUT2D eigenvalue weighted by Gasteiger charge is -2.33. The summed E-state index contributed by atoms with van der Waals surface area (Å²) in [5.41, 5.74) is -2.97. The van der Waals surface area contributed by atoms with Crippen molar-refractivity contribution in [3.8, 4) is 0 Å². The van der Waals surface area contributed by atoms with E-state index in [-0.39, 0.29) is 81.9 Å². The van der Waals surface area contributed by atoms with Crippen LogP contribution in [0.5, 0.6) is 0 Å². The van der Waals surface area contributed by atoms with Gasteiger partial charge < -0.3 is 18.9 Å². The van der Waals surface area contributed by atoms with Gasteiger partial charge in [0, 0.05) is 60.0 Å². The monoisotopic (exact) mass is 844 g/mol. The van der Waals surface area contributed by atoms with Crippen molar-refractivity contribution >= 4 is 36.0 Å². The van der Waals surface area contributed by atoms with Crippen molar-refractivity contribution in [1.29, 1.82) is 0 Å². The predicted octanol–water partition coefficient (Wildman–Crippen LogP) is 3.54. The number of methoxy groups -OCH3 is 1. The molecule has 4 fully saturated rings. The number of carbonyl (C=O) groups is 6. The molecule has 336 valence electrons. The van der Waals surface area contributed by atoms with Gasteiger partial charge in [-0.2, -0.15) is 0 Å². The smallest absolute Gasteiger partial charge is 0.411 e. The molecular weight excluding hydrogens is 779 g/mol. The van der Waals surface area contributed by atoms with Crippen molar-refractivity contribution in [1.82, 2.24) is 29.9 Å². The second-order valence-corrected chi connectivity index (χ2v) is 18.0. The Balaban J connectivity index is 1.25. The van der Waals surface area contributed by atoms with Crippen LogP contribution in [0.15, 0.2) is 0 Å². The molecule has 1 saturated carbocycles. The molecule has 1 aliphatic carbocycles. The van der Waals surface area contributed by atoms with Crippen molar-refractivity contribution in [2.45, 2.75) is 141 Å². The van der Waals surface area contributed by atoms with Gasteiger partial charge in [0.1, 0.15) is 41.1 Å². The molecule has 4 aliphatic rings. The predicted molar refractivity (Wildman–Crippen MR) is 206 cm³/mol. The van der Waals surface area contributed by atoms with E-state index in [1.165, 1.54) is 45.2 Å². The number of nitrogens with zero attached hydrogens (tertiary/aromatic N) is 6. The van der Waals surface area contributed by atoms with Gasteiger partial charge in [-0.25, -0.2) is 34.0 Å². The van der Waals surface area contributed by atoms with E-state index in [4.69, 9.17) is 33.5 Å². The zero-order chi connectivity index (χ0) is 44.4. The van der Waals surface area contributed by atoms with Crippen LogP contribution in [0, 0.1) is 11.8 Å². The Hall–Kier alpha value is -4.01. The highest BCUT2D eigenvalue weighted by Gasteiger charge is 2.63. The van der Waals surface area contributed by atoms with E-state index in [1.807, 2.05) is 6.92 Å². The number of ether oxygens (including phenoxy) is 4. The van der Waals surface area contributed by atoms with Gasteiger partial charge in [0.2, 0.25) is 0 Å². The van der Waals surface area contributed by atoms with Gasteiger partial charge >= 0.3 is 18.3 Å². The summed E-state index contributed by atoms with van der Waals surface area (Å²) in [6.45, 7) is 13.5. The number of hydrogen-bond donors (Lipinski definition) is 0. The molecule has 0 aromatic heterocycles. The molecule has 3 aliphatic heterocycles. The van der Waals surface area contributed by atoms with Crippen LogP contribution >= 0.6 is 0 Å². The summed E-state index contributed by atoms with van der Waals surface area (Å²) in [6.07, 6.45) is -3.23. The molecule has 4 rings (SSSR count). The van der Waals surface area contributed by atoms with Crippen LogP contribution < -0.4 is 0 Å². The van der Waals surface area contributed by atoms with Gasteiger partial charge in [-0.3, -0.25) is 43.6 Å². The SMILES string of the molecule is CO[C@@H]1C[C@@H](C(=O)N(C)OCCC(C)(C)OC(=O)N2C[C@H](F)C[C@H]2C(=O)N(C)OCCC(C)(C)OC(=O)N2[C@H]3[C@@H](C)[C@H]3C[C@H]2C(=O)N(C)OC)N(C(=O)OC(C)(C)C)C1. The number of carbonyl (C=O) groups excluding carboxylic acids is 6. The number of halogens is 1. The summed E-state index contributed by atoms with van der Waals surface area (Å²) < 4.78 is 37.2. The summed E-state index contributed by atoms with van der Waals surface area (Å²) in [6, 6.07) is -2.87. The molecule has 20 heteroatoms. The first-order valence-electron chi connectivity index (χ1n) is 20.1. The van der Waals surface area contributed by atoms with Crippen LogP contribution in [0.4, 0.5) is 18.8 Å². The van der Waals surface area contributed by atoms with Crippen molar-refractivity contribution in [2.75, 3.05) is 61.7 Å². The van der Waals surface area contributed by atoms with Crippen LogP contribution in [-0.4, -0.2) is 181 Å². The Bertz CT molecular complexity index is 1560. The standard InChI is InChI=1S/C39H65FN6O13/c1-23-26-20-29(33(49)41(9)54-13)46(30(23)26)36(52)59-39(7,8)15-17-55-42(10)31(47)27-18-24(40)21-44(27)35(51)58-38(5,6)14-16-56-43(11)32(48)28-19-25(53-12)22-45(28)34(50)57-37(2,3)4/h23-30H,14-22H2,1-13H3/t23-,24+,25+,26+,27-,28-,29-,30-/m0/s1. The average molecular weight is 845 g/mol. The molecule has 0 aromatic rings. The number of fused-ring (bicyclic) bond motifs is 1. The van der Waals surface area contributed by atoms with Gasteiger partial charge in [-0.15, -0.1) is 0 Å².